The Labute approximate surface area is 125 Å². The van der Waals surface area contributed by atoms with Crippen LogP contribution in [-0.4, -0.2) is 5.91 Å². The van der Waals surface area contributed by atoms with Crippen LogP contribution in [0.2, 0.25) is 0 Å². The van der Waals surface area contributed by atoms with Crippen molar-refractivity contribution in [1.82, 2.24) is 5.32 Å². The van der Waals surface area contributed by atoms with Crippen molar-refractivity contribution in [1.29, 1.82) is 5.26 Å². The standard InChI is InChI=1S/C18H18N2O/c1-13-3-9-17(10-4-13)14(2)20-18(21)11-15-5-7-16(12-19)8-6-15/h3-10,14H,11H2,1-2H3,(H,20,21). The summed E-state index contributed by atoms with van der Waals surface area (Å²) in [6.45, 7) is 4.01. The summed E-state index contributed by atoms with van der Waals surface area (Å²) in [5.41, 5.74) is 3.80. The first-order valence-electron chi connectivity index (χ1n) is 6.93. The molecular formula is C18H18N2O. The number of nitrogens with one attached hydrogen (secondary N) is 1. The third kappa shape index (κ3) is 4.19. The Morgan fingerprint density at radius 3 is 2.33 bits per heavy atom. The van der Waals surface area contributed by atoms with Crippen molar-refractivity contribution in [2.75, 3.05) is 0 Å². The predicted octanol–water partition coefficient (Wildman–Crippen LogP) is 3.29. The Morgan fingerprint density at radius 2 is 1.76 bits per heavy atom. The molecule has 2 aromatic carbocycles. The summed E-state index contributed by atoms with van der Waals surface area (Å²) >= 11 is 0. The molecule has 21 heavy (non-hydrogen) atoms. The number of hydrogen-bond acceptors (Lipinski definition) is 2. The van der Waals surface area contributed by atoms with Crippen molar-refractivity contribution in [3.63, 3.8) is 0 Å². The van der Waals surface area contributed by atoms with Gasteiger partial charge in [-0.05, 0) is 37.1 Å². The van der Waals surface area contributed by atoms with Crippen LogP contribution in [0.5, 0.6) is 0 Å². The zero-order chi connectivity index (χ0) is 15.2. The van der Waals surface area contributed by atoms with Crippen LogP contribution in [0.4, 0.5) is 0 Å². The second-order valence-electron chi connectivity index (χ2n) is 5.19. The fourth-order valence-corrected chi connectivity index (χ4v) is 2.11. The molecule has 0 aromatic heterocycles. The minimum Gasteiger partial charge on any atom is -0.349 e. The molecule has 0 radical (unpaired) electrons. The maximum absolute atomic E-state index is 12.0. The van der Waals surface area contributed by atoms with Gasteiger partial charge < -0.3 is 5.32 Å². The molecule has 0 saturated heterocycles. The van der Waals surface area contributed by atoms with Gasteiger partial charge in [0.2, 0.25) is 5.91 Å². The number of hydrogen-bond donors (Lipinski definition) is 1. The van der Waals surface area contributed by atoms with Crippen LogP contribution in [0.1, 0.15) is 35.2 Å². The molecule has 0 aliphatic carbocycles. The van der Waals surface area contributed by atoms with Gasteiger partial charge in [-0.3, -0.25) is 4.79 Å². The monoisotopic (exact) mass is 278 g/mol. The van der Waals surface area contributed by atoms with E-state index in [1.807, 2.05) is 50.2 Å². The lowest BCUT2D eigenvalue weighted by molar-refractivity contribution is -0.121. The van der Waals surface area contributed by atoms with Crippen molar-refractivity contribution in [3.05, 3.63) is 70.8 Å². The van der Waals surface area contributed by atoms with Gasteiger partial charge in [0.05, 0.1) is 24.1 Å². The summed E-state index contributed by atoms with van der Waals surface area (Å²) < 4.78 is 0. The number of rotatable bonds is 4. The first-order valence-corrected chi connectivity index (χ1v) is 6.93. The second-order valence-corrected chi connectivity index (χ2v) is 5.19. The van der Waals surface area contributed by atoms with Gasteiger partial charge in [-0.25, -0.2) is 0 Å². The molecule has 1 atom stereocenters. The van der Waals surface area contributed by atoms with Crippen LogP contribution >= 0.6 is 0 Å². The summed E-state index contributed by atoms with van der Waals surface area (Å²) in [5.74, 6) is -0.0206. The lowest BCUT2D eigenvalue weighted by Gasteiger charge is -2.14. The third-order valence-electron chi connectivity index (χ3n) is 3.40. The first-order chi connectivity index (χ1) is 10.1. The molecule has 1 N–H and O–H groups in total. The van der Waals surface area contributed by atoms with Crippen LogP contribution in [0, 0.1) is 18.3 Å². The smallest absolute Gasteiger partial charge is 0.224 e. The van der Waals surface area contributed by atoms with Crippen LogP contribution in [0.3, 0.4) is 0 Å². The maximum Gasteiger partial charge on any atom is 0.224 e. The fraction of sp³-hybridized carbons (Fsp3) is 0.222. The van der Waals surface area contributed by atoms with Crippen LogP contribution < -0.4 is 5.32 Å². The number of benzene rings is 2. The van der Waals surface area contributed by atoms with Gasteiger partial charge in [-0.15, -0.1) is 0 Å². The molecular weight excluding hydrogens is 260 g/mol. The van der Waals surface area contributed by atoms with E-state index in [1.54, 1.807) is 12.1 Å². The molecule has 1 unspecified atom stereocenters. The van der Waals surface area contributed by atoms with E-state index in [9.17, 15) is 4.79 Å². The highest BCUT2D eigenvalue weighted by molar-refractivity contribution is 5.79. The summed E-state index contributed by atoms with van der Waals surface area (Å²) in [5, 5.41) is 11.7. The lowest BCUT2D eigenvalue weighted by Crippen LogP contribution is -2.28. The van der Waals surface area contributed by atoms with E-state index in [-0.39, 0.29) is 11.9 Å². The molecule has 0 fully saturated rings. The van der Waals surface area contributed by atoms with Gasteiger partial charge in [-0.2, -0.15) is 5.26 Å². The Balaban J connectivity index is 1.94. The number of aryl methyl sites for hydroxylation is 1. The normalized spacial score (nSPS) is 11.5. The molecule has 0 aliphatic rings. The number of nitriles is 1. The molecule has 106 valence electrons. The fourth-order valence-electron chi connectivity index (χ4n) is 2.11. The second kappa shape index (κ2) is 6.71. The van der Waals surface area contributed by atoms with E-state index in [1.165, 1.54) is 5.56 Å². The minimum atomic E-state index is -0.0206. The van der Waals surface area contributed by atoms with Crippen LogP contribution in [0.15, 0.2) is 48.5 Å². The minimum absolute atomic E-state index is 0.0171. The number of amides is 1. The van der Waals surface area contributed by atoms with Crippen molar-refractivity contribution < 1.29 is 4.79 Å². The highest BCUT2D eigenvalue weighted by Gasteiger charge is 2.10. The van der Waals surface area contributed by atoms with Crippen molar-refractivity contribution in [3.8, 4) is 6.07 Å². The molecule has 0 heterocycles. The maximum atomic E-state index is 12.0. The van der Waals surface area contributed by atoms with E-state index in [4.69, 9.17) is 5.26 Å². The molecule has 0 aliphatic heterocycles. The molecule has 3 nitrogen and oxygen atoms in total. The quantitative estimate of drug-likeness (QED) is 0.933. The first kappa shape index (κ1) is 14.8. The molecule has 1 amide bonds. The Kier molecular flexibility index (Phi) is 4.73. The average molecular weight is 278 g/mol. The summed E-state index contributed by atoms with van der Waals surface area (Å²) in [7, 11) is 0. The van der Waals surface area contributed by atoms with Gasteiger partial charge in [0, 0.05) is 0 Å². The Bertz CT molecular complexity index is 651. The van der Waals surface area contributed by atoms with Gasteiger partial charge in [-0.1, -0.05) is 42.0 Å². The van der Waals surface area contributed by atoms with E-state index < -0.39 is 0 Å². The van der Waals surface area contributed by atoms with E-state index in [2.05, 4.69) is 11.4 Å². The zero-order valence-corrected chi connectivity index (χ0v) is 12.3. The Hall–Kier alpha value is -2.60. The van der Waals surface area contributed by atoms with Gasteiger partial charge >= 0.3 is 0 Å². The third-order valence-corrected chi connectivity index (χ3v) is 3.40. The zero-order valence-electron chi connectivity index (χ0n) is 12.3. The molecule has 0 bridgehead atoms. The predicted molar refractivity (Wildman–Crippen MR) is 82.6 cm³/mol. The van der Waals surface area contributed by atoms with Gasteiger partial charge in [0.25, 0.3) is 0 Å². The largest absolute Gasteiger partial charge is 0.349 e. The topological polar surface area (TPSA) is 52.9 Å². The molecule has 0 saturated carbocycles. The average Bonchev–Trinajstić information content (AvgIpc) is 2.48. The highest BCUT2D eigenvalue weighted by Crippen LogP contribution is 2.13. The Morgan fingerprint density at radius 1 is 1.14 bits per heavy atom. The summed E-state index contributed by atoms with van der Waals surface area (Å²) in [6, 6.07) is 17.3. The molecule has 2 aromatic rings. The molecule has 2 rings (SSSR count). The van der Waals surface area contributed by atoms with Gasteiger partial charge in [0.1, 0.15) is 0 Å². The van der Waals surface area contributed by atoms with Crippen molar-refractivity contribution in [2.24, 2.45) is 0 Å². The van der Waals surface area contributed by atoms with Crippen LogP contribution in [-0.2, 0) is 11.2 Å². The molecule has 3 heteroatoms. The van der Waals surface area contributed by atoms with Crippen molar-refractivity contribution >= 4 is 5.91 Å². The van der Waals surface area contributed by atoms with Gasteiger partial charge in [0.15, 0.2) is 0 Å². The van der Waals surface area contributed by atoms with E-state index in [0.29, 0.717) is 12.0 Å². The number of carbonyl (C=O) groups excluding carboxylic acids is 1. The highest BCUT2D eigenvalue weighted by atomic mass is 16.1. The molecule has 0 spiro atoms. The van der Waals surface area contributed by atoms with Crippen molar-refractivity contribution in [2.45, 2.75) is 26.3 Å². The summed E-state index contributed by atoms with van der Waals surface area (Å²) in [6.07, 6.45) is 0.321. The summed E-state index contributed by atoms with van der Waals surface area (Å²) in [4.78, 5) is 12.0. The van der Waals surface area contributed by atoms with E-state index in [0.717, 1.165) is 11.1 Å². The van der Waals surface area contributed by atoms with Crippen LogP contribution in [0.25, 0.3) is 0 Å². The lowest BCUT2D eigenvalue weighted by atomic mass is 10.1. The van der Waals surface area contributed by atoms with E-state index >= 15 is 0 Å². The number of nitrogens with zero attached hydrogens (tertiary/aromatic N) is 1. The SMILES string of the molecule is Cc1ccc(C(C)NC(=O)Cc2ccc(C#N)cc2)cc1. The number of carbonyl (C=O) groups is 1.